The van der Waals surface area contributed by atoms with Crippen molar-refractivity contribution in [2.45, 2.75) is 25.8 Å². The molecule has 1 atom stereocenters. The first-order chi connectivity index (χ1) is 13.6. The van der Waals surface area contributed by atoms with Gasteiger partial charge in [0.15, 0.2) is 0 Å². The zero-order valence-corrected chi connectivity index (χ0v) is 16.5. The quantitative estimate of drug-likeness (QED) is 0.614. The van der Waals surface area contributed by atoms with Gasteiger partial charge in [-0.3, -0.25) is 4.79 Å². The van der Waals surface area contributed by atoms with Gasteiger partial charge in [-0.2, -0.15) is 0 Å². The summed E-state index contributed by atoms with van der Waals surface area (Å²) >= 11 is 6.21. The van der Waals surface area contributed by atoms with Crippen LogP contribution in [-0.2, 0) is 4.79 Å². The van der Waals surface area contributed by atoms with Crippen molar-refractivity contribution in [2.75, 3.05) is 29.9 Å². The number of anilines is 2. The van der Waals surface area contributed by atoms with E-state index in [1.165, 1.54) is 0 Å². The highest BCUT2D eigenvalue weighted by Gasteiger charge is 2.23. The summed E-state index contributed by atoms with van der Waals surface area (Å²) in [6, 6.07) is 7.81. The van der Waals surface area contributed by atoms with Crippen LogP contribution in [0.15, 0.2) is 36.8 Å². The summed E-state index contributed by atoms with van der Waals surface area (Å²) in [6.45, 7) is 3.82. The Hall–Kier alpha value is -2.80. The number of piperidine rings is 1. The molecule has 0 saturated carbocycles. The fraction of sp³-hybridized carbons (Fsp3) is 0.350. The fourth-order valence-electron chi connectivity index (χ4n) is 3.62. The van der Waals surface area contributed by atoms with E-state index >= 15 is 0 Å². The maximum atomic E-state index is 12.4. The standard InChI is InChI=1S/C20H23ClN6O/c1-13-4-5-17(16(21)9-13)23-10-18(28)26-14-3-2-8-27(11-14)20-15-6-7-22-19(15)24-12-25-20/h4-7,9,12,14,23H,2-3,8,10-11H2,1H3,(H,26,28)(H,22,24,25)/t14-/m1/s1. The number of aromatic amines is 1. The third-order valence-electron chi connectivity index (χ3n) is 4.98. The van der Waals surface area contributed by atoms with Crippen LogP contribution < -0.4 is 15.5 Å². The minimum absolute atomic E-state index is 0.0435. The van der Waals surface area contributed by atoms with E-state index in [0.29, 0.717) is 5.02 Å². The largest absolute Gasteiger partial charge is 0.375 e. The van der Waals surface area contributed by atoms with Gasteiger partial charge in [-0.05, 0) is 43.5 Å². The Balaban J connectivity index is 1.36. The lowest BCUT2D eigenvalue weighted by molar-refractivity contribution is -0.120. The van der Waals surface area contributed by atoms with Crippen LogP contribution in [-0.4, -0.2) is 46.5 Å². The first-order valence-electron chi connectivity index (χ1n) is 9.42. The Labute approximate surface area is 168 Å². The predicted octanol–water partition coefficient (Wildman–Crippen LogP) is 3.12. The topological polar surface area (TPSA) is 85.9 Å². The van der Waals surface area contributed by atoms with Crippen molar-refractivity contribution in [1.82, 2.24) is 20.3 Å². The van der Waals surface area contributed by atoms with Gasteiger partial charge in [0.1, 0.15) is 17.8 Å². The number of aromatic nitrogens is 3. The number of rotatable bonds is 5. The fourth-order valence-corrected chi connectivity index (χ4v) is 3.92. The normalized spacial score (nSPS) is 16.9. The molecule has 7 nitrogen and oxygen atoms in total. The number of aryl methyl sites for hydroxylation is 1. The van der Waals surface area contributed by atoms with E-state index in [9.17, 15) is 4.79 Å². The smallest absolute Gasteiger partial charge is 0.239 e. The van der Waals surface area contributed by atoms with Crippen molar-refractivity contribution >= 4 is 40.0 Å². The van der Waals surface area contributed by atoms with E-state index in [4.69, 9.17) is 11.6 Å². The van der Waals surface area contributed by atoms with Crippen molar-refractivity contribution in [3.63, 3.8) is 0 Å². The molecule has 0 bridgehead atoms. The number of nitrogens with one attached hydrogen (secondary N) is 3. The lowest BCUT2D eigenvalue weighted by Crippen LogP contribution is -2.49. The molecule has 1 aromatic carbocycles. The number of amides is 1. The van der Waals surface area contributed by atoms with Gasteiger partial charge in [0, 0.05) is 25.3 Å². The Morgan fingerprint density at radius 2 is 2.25 bits per heavy atom. The number of carbonyl (C=O) groups excluding carboxylic acids is 1. The van der Waals surface area contributed by atoms with Crippen molar-refractivity contribution in [1.29, 1.82) is 0 Å². The molecule has 0 spiro atoms. The number of fused-ring (bicyclic) bond motifs is 1. The number of halogens is 1. The summed E-state index contributed by atoms with van der Waals surface area (Å²) in [5.41, 5.74) is 2.68. The van der Waals surface area contributed by atoms with Gasteiger partial charge in [-0.25, -0.2) is 9.97 Å². The summed E-state index contributed by atoms with van der Waals surface area (Å²) in [4.78, 5) is 26.5. The third-order valence-corrected chi connectivity index (χ3v) is 5.30. The average Bonchev–Trinajstić information content (AvgIpc) is 3.16. The van der Waals surface area contributed by atoms with Crippen LogP contribution in [0.25, 0.3) is 11.0 Å². The molecule has 146 valence electrons. The number of nitrogens with zero attached hydrogens (tertiary/aromatic N) is 3. The summed E-state index contributed by atoms with van der Waals surface area (Å²) in [5, 5.41) is 7.86. The second kappa shape index (κ2) is 8.06. The van der Waals surface area contributed by atoms with Gasteiger partial charge in [-0.1, -0.05) is 17.7 Å². The van der Waals surface area contributed by atoms with Gasteiger partial charge >= 0.3 is 0 Å². The van der Waals surface area contributed by atoms with Gasteiger partial charge in [0.05, 0.1) is 22.6 Å². The Morgan fingerprint density at radius 3 is 3.11 bits per heavy atom. The van der Waals surface area contributed by atoms with Crippen LogP contribution in [0.5, 0.6) is 0 Å². The molecule has 1 saturated heterocycles. The molecule has 1 amide bonds. The third kappa shape index (κ3) is 4.04. The number of carbonyl (C=O) groups is 1. The highest BCUT2D eigenvalue weighted by Crippen LogP contribution is 2.25. The van der Waals surface area contributed by atoms with Crippen LogP contribution in [0.3, 0.4) is 0 Å². The monoisotopic (exact) mass is 398 g/mol. The van der Waals surface area contributed by atoms with Crippen molar-refractivity contribution < 1.29 is 4.79 Å². The summed E-state index contributed by atoms with van der Waals surface area (Å²) in [7, 11) is 0. The van der Waals surface area contributed by atoms with Crippen LogP contribution >= 0.6 is 11.6 Å². The second-order valence-electron chi connectivity index (χ2n) is 7.13. The number of H-pyrrole nitrogens is 1. The van der Waals surface area contributed by atoms with E-state index in [2.05, 4.69) is 30.5 Å². The second-order valence-corrected chi connectivity index (χ2v) is 7.53. The van der Waals surface area contributed by atoms with Crippen LogP contribution in [0.4, 0.5) is 11.5 Å². The summed E-state index contributed by atoms with van der Waals surface area (Å²) < 4.78 is 0. The van der Waals surface area contributed by atoms with Gasteiger partial charge in [-0.15, -0.1) is 0 Å². The molecule has 0 unspecified atom stereocenters. The zero-order chi connectivity index (χ0) is 19.5. The summed E-state index contributed by atoms with van der Waals surface area (Å²) in [6.07, 6.45) is 5.40. The highest BCUT2D eigenvalue weighted by atomic mass is 35.5. The van der Waals surface area contributed by atoms with E-state index in [0.717, 1.165) is 54.0 Å². The van der Waals surface area contributed by atoms with Crippen molar-refractivity contribution in [3.05, 3.63) is 47.4 Å². The molecule has 2 aromatic heterocycles. The predicted molar refractivity (Wildman–Crippen MR) is 112 cm³/mol. The van der Waals surface area contributed by atoms with Gasteiger partial charge < -0.3 is 20.5 Å². The highest BCUT2D eigenvalue weighted by molar-refractivity contribution is 6.33. The van der Waals surface area contributed by atoms with Crippen molar-refractivity contribution in [2.24, 2.45) is 0 Å². The van der Waals surface area contributed by atoms with Crippen LogP contribution in [0.2, 0.25) is 5.02 Å². The lowest BCUT2D eigenvalue weighted by atomic mass is 10.1. The number of hydrogen-bond acceptors (Lipinski definition) is 5. The molecule has 8 heteroatoms. The molecular formula is C20H23ClN6O. The van der Waals surface area contributed by atoms with E-state index < -0.39 is 0 Å². The molecule has 3 aromatic rings. The molecule has 0 radical (unpaired) electrons. The maximum absolute atomic E-state index is 12.4. The maximum Gasteiger partial charge on any atom is 0.239 e. The molecule has 0 aliphatic carbocycles. The summed E-state index contributed by atoms with van der Waals surface area (Å²) in [5.74, 6) is 0.868. The van der Waals surface area contributed by atoms with Gasteiger partial charge in [0.2, 0.25) is 5.91 Å². The molecule has 3 N–H and O–H groups in total. The van der Waals surface area contributed by atoms with Crippen LogP contribution in [0, 0.1) is 6.92 Å². The molecule has 28 heavy (non-hydrogen) atoms. The molecule has 1 aliphatic rings. The molecule has 3 heterocycles. The van der Waals surface area contributed by atoms with Crippen molar-refractivity contribution in [3.8, 4) is 0 Å². The number of hydrogen-bond donors (Lipinski definition) is 3. The average molecular weight is 399 g/mol. The zero-order valence-electron chi connectivity index (χ0n) is 15.7. The molecule has 4 rings (SSSR count). The minimum atomic E-state index is -0.0435. The van der Waals surface area contributed by atoms with E-state index in [1.807, 2.05) is 37.4 Å². The lowest BCUT2D eigenvalue weighted by Gasteiger charge is -2.34. The first-order valence-corrected chi connectivity index (χ1v) is 9.80. The molecule has 1 fully saturated rings. The minimum Gasteiger partial charge on any atom is -0.375 e. The Morgan fingerprint density at radius 1 is 1.36 bits per heavy atom. The molecular weight excluding hydrogens is 376 g/mol. The molecule has 1 aliphatic heterocycles. The Kier molecular flexibility index (Phi) is 5.34. The van der Waals surface area contributed by atoms with Gasteiger partial charge in [0.25, 0.3) is 0 Å². The van der Waals surface area contributed by atoms with E-state index in [1.54, 1.807) is 6.33 Å². The SMILES string of the molecule is Cc1ccc(NCC(=O)N[C@@H]2CCCN(c3ncnc4[nH]ccc34)C2)c(Cl)c1. The Bertz CT molecular complexity index is 988. The van der Waals surface area contributed by atoms with E-state index in [-0.39, 0.29) is 18.5 Å². The van der Waals surface area contributed by atoms with Crippen LogP contribution in [0.1, 0.15) is 18.4 Å². The number of benzene rings is 1. The first kappa shape index (κ1) is 18.6.